The van der Waals surface area contributed by atoms with Gasteiger partial charge in [0.05, 0.1) is 19.2 Å². The molecule has 0 aliphatic rings. The van der Waals surface area contributed by atoms with Crippen LogP contribution in [0.2, 0.25) is 0 Å². The summed E-state index contributed by atoms with van der Waals surface area (Å²) in [4.78, 5) is 11.7. The summed E-state index contributed by atoms with van der Waals surface area (Å²) in [6, 6.07) is 0.478. The van der Waals surface area contributed by atoms with Gasteiger partial charge in [0.15, 0.2) is 0 Å². The van der Waals surface area contributed by atoms with E-state index in [1.807, 2.05) is 6.92 Å². The molecular formula is C13H28N2O2. The maximum atomic E-state index is 11.7. The summed E-state index contributed by atoms with van der Waals surface area (Å²) in [5, 5.41) is 6.18. The molecule has 0 fully saturated rings. The van der Waals surface area contributed by atoms with Gasteiger partial charge in [0.2, 0.25) is 5.91 Å². The number of carbonyl (C=O) groups excluding carboxylic acids is 1. The van der Waals surface area contributed by atoms with Crippen LogP contribution in [0, 0.1) is 5.92 Å². The maximum Gasteiger partial charge on any atom is 0.234 e. The predicted molar refractivity (Wildman–Crippen MR) is 71.0 cm³/mol. The van der Waals surface area contributed by atoms with E-state index in [1.165, 1.54) is 0 Å². The molecule has 102 valence electrons. The van der Waals surface area contributed by atoms with Crippen LogP contribution < -0.4 is 10.6 Å². The van der Waals surface area contributed by atoms with Gasteiger partial charge in [-0.1, -0.05) is 20.8 Å². The Hall–Kier alpha value is -0.610. The van der Waals surface area contributed by atoms with Crippen LogP contribution in [0.3, 0.4) is 0 Å². The highest BCUT2D eigenvalue weighted by atomic mass is 16.5. The molecule has 0 aromatic carbocycles. The van der Waals surface area contributed by atoms with Crippen LogP contribution in [-0.4, -0.2) is 37.7 Å². The van der Waals surface area contributed by atoms with Crippen LogP contribution in [0.25, 0.3) is 0 Å². The first kappa shape index (κ1) is 16.4. The van der Waals surface area contributed by atoms with Crippen molar-refractivity contribution in [3.63, 3.8) is 0 Å². The molecule has 0 saturated carbocycles. The number of nitrogens with one attached hydrogen (secondary N) is 2. The van der Waals surface area contributed by atoms with Gasteiger partial charge in [-0.2, -0.15) is 0 Å². The van der Waals surface area contributed by atoms with E-state index in [9.17, 15) is 4.79 Å². The minimum absolute atomic E-state index is 0.0451. The van der Waals surface area contributed by atoms with Crippen LogP contribution >= 0.6 is 0 Å². The molecule has 0 heterocycles. The molecule has 0 aliphatic carbocycles. The molecule has 0 aromatic heterocycles. The minimum Gasteiger partial charge on any atom is -0.380 e. The Kier molecular flexibility index (Phi) is 9.09. The zero-order chi connectivity index (χ0) is 13.3. The van der Waals surface area contributed by atoms with Crippen molar-refractivity contribution in [3.05, 3.63) is 0 Å². The summed E-state index contributed by atoms with van der Waals surface area (Å²) in [7, 11) is 0. The summed E-state index contributed by atoms with van der Waals surface area (Å²) in [5.41, 5.74) is 0. The molecule has 0 saturated heterocycles. The van der Waals surface area contributed by atoms with E-state index < -0.39 is 0 Å². The monoisotopic (exact) mass is 244 g/mol. The van der Waals surface area contributed by atoms with E-state index in [0.717, 1.165) is 6.42 Å². The fraction of sp³-hybridized carbons (Fsp3) is 0.923. The fourth-order valence-corrected chi connectivity index (χ4v) is 1.31. The number of hydrogen-bond acceptors (Lipinski definition) is 3. The first-order chi connectivity index (χ1) is 8.01. The summed E-state index contributed by atoms with van der Waals surface area (Å²) < 4.78 is 5.37. The van der Waals surface area contributed by atoms with Crippen molar-refractivity contribution >= 4 is 5.91 Å². The maximum absolute atomic E-state index is 11.7. The summed E-state index contributed by atoms with van der Waals surface area (Å²) in [6.07, 6.45) is 1.03. The van der Waals surface area contributed by atoms with Gasteiger partial charge >= 0.3 is 0 Å². The molecular weight excluding hydrogens is 216 g/mol. The van der Waals surface area contributed by atoms with E-state index >= 15 is 0 Å². The van der Waals surface area contributed by atoms with Crippen molar-refractivity contribution in [1.82, 2.24) is 10.6 Å². The molecule has 0 aromatic rings. The average Bonchev–Trinajstić information content (AvgIpc) is 2.30. The second kappa shape index (κ2) is 9.42. The lowest BCUT2D eigenvalue weighted by atomic mass is 10.1. The Morgan fingerprint density at radius 1 is 1.24 bits per heavy atom. The molecule has 0 spiro atoms. The lowest BCUT2D eigenvalue weighted by molar-refractivity contribution is -0.121. The Balaban J connectivity index is 3.95. The Bertz CT molecular complexity index is 208. The molecule has 17 heavy (non-hydrogen) atoms. The predicted octanol–water partition coefficient (Wildman–Crippen LogP) is 1.55. The van der Waals surface area contributed by atoms with E-state index in [1.54, 1.807) is 0 Å². The van der Waals surface area contributed by atoms with Crippen LogP contribution in [0.4, 0.5) is 0 Å². The van der Waals surface area contributed by atoms with E-state index in [-0.39, 0.29) is 11.9 Å². The van der Waals surface area contributed by atoms with Gasteiger partial charge in [-0.15, -0.1) is 0 Å². The summed E-state index contributed by atoms with van der Waals surface area (Å²) >= 11 is 0. The van der Waals surface area contributed by atoms with Gasteiger partial charge in [0.1, 0.15) is 0 Å². The van der Waals surface area contributed by atoms with Gasteiger partial charge < -0.3 is 15.4 Å². The van der Waals surface area contributed by atoms with Gasteiger partial charge in [0.25, 0.3) is 0 Å². The van der Waals surface area contributed by atoms with Gasteiger partial charge in [-0.3, -0.25) is 4.79 Å². The van der Waals surface area contributed by atoms with Crippen LogP contribution in [0.1, 0.15) is 41.0 Å². The number of rotatable bonds is 9. The first-order valence-electron chi connectivity index (χ1n) is 6.61. The molecule has 2 atom stereocenters. The number of amides is 1. The number of carbonyl (C=O) groups is 1. The molecule has 4 heteroatoms. The Labute approximate surface area is 105 Å². The number of hydrogen-bond donors (Lipinski definition) is 2. The third-order valence-electron chi connectivity index (χ3n) is 2.88. The zero-order valence-corrected chi connectivity index (χ0v) is 11.9. The molecule has 2 N–H and O–H groups in total. The van der Waals surface area contributed by atoms with Crippen molar-refractivity contribution in [1.29, 1.82) is 0 Å². The van der Waals surface area contributed by atoms with Crippen LogP contribution in [0.5, 0.6) is 0 Å². The third kappa shape index (κ3) is 8.16. The highest BCUT2D eigenvalue weighted by Crippen LogP contribution is 2.02. The van der Waals surface area contributed by atoms with E-state index in [0.29, 0.717) is 31.7 Å². The summed E-state index contributed by atoms with van der Waals surface area (Å²) in [6.45, 7) is 12.0. The van der Waals surface area contributed by atoms with Crippen molar-refractivity contribution in [2.24, 2.45) is 5.92 Å². The third-order valence-corrected chi connectivity index (χ3v) is 2.88. The molecule has 0 radical (unpaired) electrons. The van der Waals surface area contributed by atoms with Crippen molar-refractivity contribution in [3.8, 4) is 0 Å². The van der Waals surface area contributed by atoms with E-state index in [4.69, 9.17) is 4.74 Å². The van der Waals surface area contributed by atoms with E-state index in [2.05, 4.69) is 38.3 Å². The molecule has 1 amide bonds. The summed E-state index contributed by atoms with van der Waals surface area (Å²) in [5.74, 6) is 0.429. The lowest BCUT2D eigenvalue weighted by Gasteiger charge is -2.22. The molecule has 0 bridgehead atoms. The normalized spacial score (nSPS) is 14.7. The molecule has 0 aliphatic heterocycles. The first-order valence-corrected chi connectivity index (χ1v) is 6.61. The largest absolute Gasteiger partial charge is 0.380 e. The Morgan fingerprint density at radius 3 is 2.35 bits per heavy atom. The highest BCUT2D eigenvalue weighted by molar-refractivity contribution is 5.78. The highest BCUT2D eigenvalue weighted by Gasteiger charge is 2.16. The SMILES string of the molecule is CCOCC(NC(=O)CNC(C)CC)C(C)C. The quantitative estimate of drug-likeness (QED) is 0.647. The van der Waals surface area contributed by atoms with Crippen LogP contribution in [-0.2, 0) is 9.53 Å². The second-order valence-electron chi connectivity index (χ2n) is 4.77. The van der Waals surface area contributed by atoms with Gasteiger partial charge in [-0.25, -0.2) is 0 Å². The lowest BCUT2D eigenvalue weighted by Crippen LogP contribution is -2.46. The molecule has 0 rings (SSSR count). The zero-order valence-electron chi connectivity index (χ0n) is 11.9. The van der Waals surface area contributed by atoms with Crippen LogP contribution in [0.15, 0.2) is 0 Å². The minimum atomic E-state index is 0.0451. The van der Waals surface area contributed by atoms with Crippen molar-refractivity contribution in [2.45, 2.75) is 53.1 Å². The molecule has 2 unspecified atom stereocenters. The van der Waals surface area contributed by atoms with Crippen molar-refractivity contribution < 1.29 is 9.53 Å². The Morgan fingerprint density at radius 2 is 1.88 bits per heavy atom. The smallest absolute Gasteiger partial charge is 0.234 e. The van der Waals surface area contributed by atoms with Gasteiger partial charge in [-0.05, 0) is 26.2 Å². The van der Waals surface area contributed by atoms with Crippen molar-refractivity contribution in [2.75, 3.05) is 19.8 Å². The average molecular weight is 244 g/mol. The standard InChI is InChI=1S/C13H28N2O2/c1-6-11(5)14-8-13(16)15-12(10(3)4)9-17-7-2/h10-12,14H,6-9H2,1-5H3,(H,15,16). The topological polar surface area (TPSA) is 50.4 Å². The number of ether oxygens (including phenoxy) is 1. The van der Waals surface area contributed by atoms with Gasteiger partial charge in [0, 0.05) is 12.6 Å². The fourth-order valence-electron chi connectivity index (χ4n) is 1.31. The second-order valence-corrected chi connectivity index (χ2v) is 4.77. The molecule has 4 nitrogen and oxygen atoms in total.